The maximum absolute atomic E-state index is 13.0. The maximum atomic E-state index is 13.0. The van der Waals surface area contributed by atoms with E-state index >= 15 is 0 Å². The van der Waals surface area contributed by atoms with Gasteiger partial charge in [-0.2, -0.15) is 0 Å². The number of ether oxygens (including phenoxy) is 1. The van der Waals surface area contributed by atoms with Gasteiger partial charge in [-0.1, -0.05) is 30.3 Å². The van der Waals surface area contributed by atoms with Crippen LogP contribution in [0.3, 0.4) is 0 Å². The van der Waals surface area contributed by atoms with Gasteiger partial charge in [-0.15, -0.1) is 0 Å². The summed E-state index contributed by atoms with van der Waals surface area (Å²) in [6.45, 7) is 5.77. The van der Waals surface area contributed by atoms with Gasteiger partial charge in [-0.25, -0.2) is 0 Å². The first-order valence-electron chi connectivity index (χ1n) is 8.84. The molecule has 134 valence electrons. The summed E-state index contributed by atoms with van der Waals surface area (Å²) < 4.78 is 5.98. The van der Waals surface area contributed by atoms with Crippen molar-refractivity contribution in [2.45, 2.75) is 38.8 Å². The van der Waals surface area contributed by atoms with E-state index in [-0.39, 0.29) is 17.7 Å². The minimum absolute atomic E-state index is 0.205. The molecule has 2 aromatic rings. The van der Waals surface area contributed by atoms with Gasteiger partial charge in [0.2, 0.25) is 11.8 Å². The highest BCUT2D eigenvalue weighted by molar-refractivity contribution is 6.08. The number of nitrogens with one attached hydrogen (secondary N) is 2. The summed E-state index contributed by atoms with van der Waals surface area (Å²) in [6.07, 6.45) is 0.570. The topological polar surface area (TPSA) is 67.4 Å². The molecule has 0 spiro atoms. The van der Waals surface area contributed by atoms with Crippen LogP contribution < -0.4 is 15.4 Å². The van der Waals surface area contributed by atoms with Crippen molar-refractivity contribution in [2.75, 3.05) is 5.32 Å². The lowest BCUT2D eigenvalue weighted by molar-refractivity contribution is -0.145. The number of piperidine rings is 1. The van der Waals surface area contributed by atoms with Gasteiger partial charge in [0.05, 0.1) is 0 Å². The molecule has 2 aliphatic rings. The fraction of sp³-hybridized carbons (Fsp3) is 0.333. The number of para-hydroxylation sites is 1. The highest BCUT2D eigenvalue weighted by Crippen LogP contribution is 2.46. The van der Waals surface area contributed by atoms with E-state index in [0.717, 1.165) is 28.1 Å². The number of hydrogen-bond donors (Lipinski definition) is 2. The van der Waals surface area contributed by atoms with E-state index in [9.17, 15) is 9.59 Å². The number of rotatable bonds is 2. The molecule has 0 aliphatic carbocycles. The monoisotopic (exact) mass is 350 g/mol. The van der Waals surface area contributed by atoms with Crippen molar-refractivity contribution in [1.82, 2.24) is 5.32 Å². The van der Waals surface area contributed by atoms with E-state index in [1.807, 2.05) is 63.2 Å². The molecule has 2 aliphatic heterocycles. The maximum Gasteiger partial charge on any atom is 0.237 e. The minimum Gasteiger partial charge on any atom is -0.468 e. The Morgan fingerprint density at radius 2 is 2.00 bits per heavy atom. The van der Waals surface area contributed by atoms with E-state index in [0.29, 0.717) is 6.42 Å². The lowest BCUT2D eigenvalue weighted by Crippen LogP contribution is -2.62. The molecule has 0 aromatic heterocycles. The largest absolute Gasteiger partial charge is 0.468 e. The van der Waals surface area contributed by atoms with Crippen LogP contribution in [0.4, 0.5) is 5.69 Å². The van der Waals surface area contributed by atoms with Crippen molar-refractivity contribution in [3.63, 3.8) is 0 Å². The average Bonchev–Trinajstić information content (AvgIpc) is 2.57. The minimum atomic E-state index is -0.784. The van der Waals surface area contributed by atoms with Gasteiger partial charge in [0.25, 0.3) is 0 Å². The molecule has 2 aromatic carbocycles. The van der Waals surface area contributed by atoms with Gasteiger partial charge in [0.15, 0.2) is 5.72 Å². The number of benzene rings is 2. The summed E-state index contributed by atoms with van der Waals surface area (Å²) in [6, 6.07) is 13.5. The highest BCUT2D eigenvalue weighted by Gasteiger charge is 2.51. The third-order valence-electron chi connectivity index (χ3n) is 5.27. The third kappa shape index (κ3) is 2.73. The molecule has 5 nitrogen and oxygen atoms in total. The second kappa shape index (κ2) is 5.87. The zero-order valence-electron chi connectivity index (χ0n) is 15.1. The fourth-order valence-electron chi connectivity index (χ4n) is 3.97. The number of anilines is 1. The SMILES string of the molecule is Cc1ccc(C)c(NC(=O)[C@@H]2C(=O)N[C@]3(C)C[C@@H]2c2ccccc2O3)c1. The van der Waals surface area contributed by atoms with Gasteiger partial charge >= 0.3 is 0 Å². The number of hydrogen-bond acceptors (Lipinski definition) is 3. The number of carbonyl (C=O) groups is 2. The van der Waals surface area contributed by atoms with Crippen molar-refractivity contribution in [3.05, 3.63) is 59.2 Å². The van der Waals surface area contributed by atoms with Crippen LogP contribution in [0.1, 0.15) is 36.0 Å². The Morgan fingerprint density at radius 1 is 1.23 bits per heavy atom. The number of carbonyl (C=O) groups excluding carboxylic acids is 2. The molecular formula is C21H22N2O3. The molecular weight excluding hydrogens is 328 g/mol. The van der Waals surface area contributed by atoms with Crippen LogP contribution in [0.2, 0.25) is 0 Å². The molecule has 2 bridgehead atoms. The average molecular weight is 350 g/mol. The Balaban J connectivity index is 1.69. The molecule has 0 saturated carbocycles. The van der Waals surface area contributed by atoms with Crippen molar-refractivity contribution < 1.29 is 14.3 Å². The lowest BCUT2D eigenvalue weighted by Gasteiger charge is -2.46. The molecule has 3 atom stereocenters. The number of amides is 2. The van der Waals surface area contributed by atoms with Crippen LogP contribution in [0, 0.1) is 19.8 Å². The second-order valence-electron chi connectivity index (χ2n) is 7.46. The molecule has 0 radical (unpaired) electrons. The predicted octanol–water partition coefficient (Wildman–Crippen LogP) is 3.27. The van der Waals surface area contributed by atoms with Gasteiger partial charge in [0.1, 0.15) is 11.7 Å². The second-order valence-corrected chi connectivity index (χ2v) is 7.46. The predicted molar refractivity (Wildman–Crippen MR) is 99.0 cm³/mol. The summed E-state index contributed by atoms with van der Waals surface area (Å²) in [5, 5.41) is 5.84. The van der Waals surface area contributed by atoms with E-state index < -0.39 is 11.6 Å². The van der Waals surface area contributed by atoms with Crippen molar-refractivity contribution in [2.24, 2.45) is 5.92 Å². The van der Waals surface area contributed by atoms with E-state index in [1.54, 1.807) is 0 Å². The molecule has 2 amide bonds. The summed E-state index contributed by atoms with van der Waals surface area (Å²) in [5.74, 6) is -0.825. The lowest BCUT2D eigenvalue weighted by atomic mass is 9.74. The Hall–Kier alpha value is -2.82. The first kappa shape index (κ1) is 16.6. The van der Waals surface area contributed by atoms with Crippen LogP contribution in [0.15, 0.2) is 42.5 Å². The molecule has 4 rings (SSSR count). The van der Waals surface area contributed by atoms with Gasteiger partial charge in [-0.3, -0.25) is 9.59 Å². The van der Waals surface area contributed by atoms with Gasteiger partial charge < -0.3 is 15.4 Å². The smallest absolute Gasteiger partial charge is 0.237 e. The van der Waals surface area contributed by atoms with E-state index in [1.165, 1.54) is 0 Å². The Kier molecular flexibility index (Phi) is 3.75. The molecule has 0 unspecified atom stereocenters. The Morgan fingerprint density at radius 3 is 2.81 bits per heavy atom. The van der Waals surface area contributed by atoms with Gasteiger partial charge in [-0.05, 0) is 49.6 Å². The zero-order valence-corrected chi connectivity index (χ0v) is 15.1. The van der Waals surface area contributed by atoms with Crippen molar-refractivity contribution in [3.8, 4) is 5.75 Å². The van der Waals surface area contributed by atoms with Crippen LogP contribution in [-0.4, -0.2) is 17.5 Å². The molecule has 1 saturated heterocycles. The number of fused-ring (bicyclic) bond motifs is 4. The Bertz CT molecular complexity index is 908. The quantitative estimate of drug-likeness (QED) is 0.817. The standard InChI is InChI=1S/C21H22N2O3/c1-12-8-9-13(2)16(10-12)22-19(24)18-15-11-21(3,23-20(18)25)26-17-7-5-4-6-14(15)17/h4-10,15,18H,11H2,1-3H3,(H,22,24)(H,23,25)/t15-,18-,21+/m1/s1. The fourth-order valence-corrected chi connectivity index (χ4v) is 3.97. The van der Waals surface area contributed by atoms with Crippen molar-refractivity contribution >= 4 is 17.5 Å². The van der Waals surface area contributed by atoms with Crippen LogP contribution in [-0.2, 0) is 9.59 Å². The highest BCUT2D eigenvalue weighted by atomic mass is 16.5. The molecule has 1 fully saturated rings. The molecule has 2 heterocycles. The number of aryl methyl sites for hydroxylation is 2. The zero-order chi connectivity index (χ0) is 18.5. The first-order valence-corrected chi connectivity index (χ1v) is 8.84. The van der Waals surface area contributed by atoms with E-state index in [2.05, 4.69) is 10.6 Å². The molecule has 26 heavy (non-hydrogen) atoms. The molecule has 2 N–H and O–H groups in total. The molecule has 5 heteroatoms. The summed E-state index contributed by atoms with van der Waals surface area (Å²) >= 11 is 0. The first-order chi connectivity index (χ1) is 12.4. The normalized spacial score (nSPS) is 26.3. The Labute approximate surface area is 152 Å². The van der Waals surface area contributed by atoms with Crippen molar-refractivity contribution in [1.29, 1.82) is 0 Å². The summed E-state index contributed by atoms with van der Waals surface area (Å²) in [7, 11) is 0. The van der Waals surface area contributed by atoms with Gasteiger partial charge in [0, 0.05) is 18.0 Å². The summed E-state index contributed by atoms with van der Waals surface area (Å²) in [5.41, 5.74) is 2.92. The van der Waals surface area contributed by atoms with Crippen LogP contribution >= 0.6 is 0 Å². The van der Waals surface area contributed by atoms with Crippen LogP contribution in [0.5, 0.6) is 5.75 Å². The van der Waals surface area contributed by atoms with E-state index in [4.69, 9.17) is 4.74 Å². The summed E-state index contributed by atoms with van der Waals surface area (Å²) in [4.78, 5) is 25.8. The third-order valence-corrected chi connectivity index (χ3v) is 5.27. The van der Waals surface area contributed by atoms with Crippen LogP contribution in [0.25, 0.3) is 0 Å².